The lowest BCUT2D eigenvalue weighted by molar-refractivity contribution is 0.985. The van der Waals surface area contributed by atoms with Crippen LogP contribution in [0.3, 0.4) is 0 Å². The normalized spacial score (nSPS) is 14.9. The third kappa shape index (κ3) is 1.69. The van der Waals surface area contributed by atoms with E-state index in [-0.39, 0.29) is 5.56 Å². The summed E-state index contributed by atoms with van der Waals surface area (Å²) in [5.41, 5.74) is 1.81. The third-order valence-electron chi connectivity index (χ3n) is 2.96. The van der Waals surface area contributed by atoms with Gasteiger partial charge in [0.2, 0.25) is 0 Å². The van der Waals surface area contributed by atoms with E-state index in [1.807, 2.05) is 24.3 Å². The van der Waals surface area contributed by atoms with Gasteiger partial charge in [0.15, 0.2) is 0 Å². The van der Waals surface area contributed by atoms with Crippen molar-refractivity contribution in [2.24, 2.45) is 0 Å². The molecule has 0 radical (unpaired) electrons. The Labute approximate surface area is 98.5 Å². The molecule has 0 saturated heterocycles. The van der Waals surface area contributed by atoms with E-state index in [0.29, 0.717) is 5.39 Å². The van der Waals surface area contributed by atoms with Crippen LogP contribution in [0.4, 0.5) is 0 Å². The van der Waals surface area contributed by atoms with Crippen molar-refractivity contribution < 1.29 is 0 Å². The number of H-pyrrole nitrogens is 1. The average molecular weight is 224 g/mol. The van der Waals surface area contributed by atoms with Crippen LogP contribution in [0.25, 0.3) is 16.3 Å². The summed E-state index contributed by atoms with van der Waals surface area (Å²) in [5.74, 6) is 0. The number of hydrogen-bond donors (Lipinski definition) is 1. The largest absolute Gasteiger partial charge is 0.272 e. The van der Waals surface area contributed by atoms with Gasteiger partial charge >= 0.3 is 0 Å². The maximum Gasteiger partial charge on any atom is 0.272 e. The molecule has 3 rings (SSSR count). The quantitative estimate of drug-likeness (QED) is 0.809. The third-order valence-corrected chi connectivity index (χ3v) is 2.96. The smallest absolute Gasteiger partial charge is 0.267 e. The van der Waals surface area contributed by atoms with Gasteiger partial charge in [0.05, 0.1) is 11.1 Å². The summed E-state index contributed by atoms with van der Waals surface area (Å²) in [6, 6.07) is 7.56. The minimum Gasteiger partial charge on any atom is -0.267 e. The van der Waals surface area contributed by atoms with Crippen LogP contribution < -0.4 is 5.56 Å². The molecular weight excluding hydrogens is 212 g/mol. The van der Waals surface area contributed by atoms with E-state index in [2.05, 4.69) is 28.4 Å². The Hall–Kier alpha value is -2.16. The average Bonchev–Trinajstić information content (AvgIpc) is 2.41. The fourth-order valence-corrected chi connectivity index (χ4v) is 2.12. The Bertz CT molecular complexity index is 680. The van der Waals surface area contributed by atoms with Gasteiger partial charge in [-0.2, -0.15) is 5.10 Å². The molecule has 3 heteroatoms. The highest BCUT2D eigenvalue weighted by molar-refractivity contribution is 5.93. The van der Waals surface area contributed by atoms with E-state index >= 15 is 0 Å². The Morgan fingerprint density at radius 3 is 2.71 bits per heavy atom. The maximum atomic E-state index is 11.7. The molecule has 0 unspecified atom stereocenters. The van der Waals surface area contributed by atoms with Crippen molar-refractivity contribution in [3.63, 3.8) is 0 Å². The number of fused-ring (bicyclic) bond motifs is 1. The SMILES string of the molecule is O=c1[nH]nc(C2=CCCC=C2)c2ccccc12. The predicted molar refractivity (Wildman–Crippen MR) is 68.7 cm³/mol. The minimum absolute atomic E-state index is 0.135. The van der Waals surface area contributed by atoms with Crippen molar-refractivity contribution in [1.82, 2.24) is 10.2 Å². The Morgan fingerprint density at radius 1 is 1.12 bits per heavy atom. The zero-order valence-corrected chi connectivity index (χ0v) is 9.31. The lowest BCUT2D eigenvalue weighted by atomic mass is 10.0. The number of allylic oxidation sites excluding steroid dienone is 4. The molecule has 0 spiro atoms. The Kier molecular flexibility index (Phi) is 2.37. The molecule has 0 bridgehead atoms. The first-order valence-corrected chi connectivity index (χ1v) is 5.71. The molecule has 1 heterocycles. The summed E-state index contributed by atoms with van der Waals surface area (Å²) in [6.45, 7) is 0. The molecule has 1 aliphatic carbocycles. The van der Waals surface area contributed by atoms with E-state index < -0.39 is 0 Å². The number of nitrogens with one attached hydrogen (secondary N) is 1. The van der Waals surface area contributed by atoms with Gasteiger partial charge in [-0.3, -0.25) is 4.79 Å². The first-order valence-electron chi connectivity index (χ1n) is 5.71. The highest BCUT2D eigenvalue weighted by Crippen LogP contribution is 2.24. The summed E-state index contributed by atoms with van der Waals surface area (Å²) in [5, 5.41) is 8.34. The van der Waals surface area contributed by atoms with Crippen LogP contribution >= 0.6 is 0 Å². The molecule has 1 N–H and O–H groups in total. The van der Waals surface area contributed by atoms with Gasteiger partial charge < -0.3 is 0 Å². The Balaban J connectivity index is 2.31. The molecule has 0 amide bonds. The van der Waals surface area contributed by atoms with E-state index in [1.165, 1.54) is 0 Å². The summed E-state index contributed by atoms with van der Waals surface area (Å²) in [4.78, 5) is 11.7. The summed E-state index contributed by atoms with van der Waals surface area (Å²) < 4.78 is 0. The molecule has 0 atom stereocenters. The molecule has 0 aliphatic heterocycles. The minimum atomic E-state index is -0.135. The molecule has 1 aromatic heterocycles. The first-order chi connectivity index (χ1) is 8.36. The number of nitrogens with zero attached hydrogens (tertiary/aromatic N) is 1. The number of benzene rings is 1. The number of rotatable bonds is 1. The Morgan fingerprint density at radius 2 is 1.94 bits per heavy atom. The zero-order valence-electron chi connectivity index (χ0n) is 9.31. The summed E-state index contributed by atoms with van der Waals surface area (Å²) >= 11 is 0. The predicted octanol–water partition coefficient (Wildman–Crippen LogP) is 2.66. The lowest BCUT2D eigenvalue weighted by Gasteiger charge is -2.08. The molecule has 3 nitrogen and oxygen atoms in total. The summed E-state index contributed by atoms with van der Waals surface area (Å²) in [7, 11) is 0. The van der Waals surface area contributed by atoms with Crippen LogP contribution in [-0.4, -0.2) is 10.2 Å². The summed E-state index contributed by atoms with van der Waals surface area (Å²) in [6.07, 6.45) is 8.46. The molecule has 17 heavy (non-hydrogen) atoms. The lowest BCUT2D eigenvalue weighted by Crippen LogP contribution is -2.10. The zero-order chi connectivity index (χ0) is 11.7. The van der Waals surface area contributed by atoms with E-state index in [4.69, 9.17) is 0 Å². The van der Waals surface area contributed by atoms with Gasteiger partial charge in [0.1, 0.15) is 0 Å². The van der Waals surface area contributed by atoms with Gasteiger partial charge in [-0.25, -0.2) is 5.10 Å². The van der Waals surface area contributed by atoms with Crippen LogP contribution in [0.1, 0.15) is 18.5 Å². The van der Waals surface area contributed by atoms with Gasteiger partial charge in [-0.05, 0) is 24.5 Å². The van der Waals surface area contributed by atoms with Crippen molar-refractivity contribution in [3.05, 3.63) is 58.5 Å². The van der Waals surface area contributed by atoms with Crippen LogP contribution in [0.5, 0.6) is 0 Å². The van der Waals surface area contributed by atoms with E-state index in [1.54, 1.807) is 0 Å². The van der Waals surface area contributed by atoms with Crippen molar-refractivity contribution >= 4 is 16.3 Å². The molecule has 2 aromatic rings. The second-order valence-electron chi connectivity index (χ2n) is 4.09. The molecule has 84 valence electrons. The number of hydrogen-bond acceptors (Lipinski definition) is 2. The standard InChI is InChI=1S/C14H12N2O/c17-14-12-9-5-4-8-11(12)13(15-16-14)10-6-2-1-3-7-10/h2,4-9H,1,3H2,(H,16,17). The second-order valence-corrected chi connectivity index (χ2v) is 4.09. The van der Waals surface area contributed by atoms with Crippen LogP contribution in [0, 0.1) is 0 Å². The van der Waals surface area contributed by atoms with Crippen LogP contribution in [0.2, 0.25) is 0 Å². The van der Waals surface area contributed by atoms with Gasteiger partial charge in [-0.1, -0.05) is 36.4 Å². The van der Waals surface area contributed by atoms with E-state index in [0.717, 1.165) is 29.5 Å². The molecular formula is C14H12N2O. The fraction of sp³-hybridized carbons (Fsp3) is 0.143. The monoisotopic (exact) mass is 224 g/mol. The maximum absolute atomic E-state index is 11.7. The molecule has 1 aliphatic rings. The van der Waals surface area contributed by atoms with Crippen molar-refractivity contribution in [3.8, 4) is 0 Å². The topological polar surface area (TPSA) is 45.8 Å². The van der Waals surface area contributed by atoms with Gasteiger partial charge in [0.25, 0.3) is 5.56 Å². The number of aromatic nitrogens is 2. The first kappa shape index (κ1) is 10.0. The van der Waals surface area contributed by atoms with Crippen molar-refractivity contribution in [1.29, 1.82) is 0 Å². The highest BCUT2D eigenvalue weighted by atomic mass is 16.1. The van der Waals surface area contributed by atoms with Crippen molar-refractivity contribution in [2.45, 2.75) is 12.8 Å². The van der Waals surface area contributed by atoms with E-state index in [9.17, 15) is 4.79 Å². The van der Waals surface area contributed by atoms with Gasteiger partial charge in [-0.15, -0.1) is 0 Å². The fourth-order valence-electron chi connectivity index (χ4n) is 2.12. The van der Waals surface area contributed by atoms with Crippen molar-refractivity contribution in [2.75, 3.05) is 0 Å². The molecule has 1 aromatic carbocycles. The van der Waals surface area contributed by atoms with Crippen LogP contribution in [0.15, 0.2) is 47.3 Å². The number of aromatic amines is 1. The molecule has 0 fully saturated rings. The van der Waals surface area contributed by atoms with Crippen LogP contribution in [-0.2, 0) is 0 Å². The van der Waals surface area contributed by atoms with Gasteiger partial charge in [0, 0.05) is 5.39 Å². The highest BCUT2D eigenvalue weighted by Gasteiger charge is 2.09. The molecule has 0 saturated carbocycles. The second kappa shape index (κ2) is 4.01.